The van der Waals surface area contributed by atoms with Gasteiger partial charge in [-0.2, -0.15) is 0 Å². The average Bonchev–Trinajstić information content (AvgIpc) is 2.28. The van der Waals surface area contributed by atoms with Crippen LogP contribution < -0.4 is 0 Å². The summed E-state index contributed by atoms with van der Waals surface area (Å²) in [6.45, 7) is 0. The Kier molecular flexibility index (Phi) is 2.71. The summed E-state index contributed by atoms with van der Waals surface area (Å²) in [4.78, 5) is 23.0. The third-order valence-corrected chi connectivity index (χ3v) is 3.03. The minimum atomic E-state index is -0.306. The maximum absolute atomic E-state index is 11.6. The fourth-order valence-electron chi connectivity index (χ4n) is 2.20. The first-order chi connectivity index (χ1) is 7.22. The number of Topliss-reactive ketones (excluding diaryl/α,β-unsaturated/α-hetero) is 1. The summed E-state index contributed by atoms with van der Waals surface area (Å²) in [7, 11) is 1.37. The van der Waals surface area contributed by atoms with Crippen LogP contribution in [-0.2, 0) is 14.3 Å². The lowest BCUT2D eigenvalue weighted by Crippen LogP contribution is -2.16. The van der Waals surface area contributed by atoms with Crippen molar-refractivity contribution in [3.05, 3.63) is 22.8 Å². The van der Waals surface area contributed by atoms with Gasteiger partial charge in [0.25, 0.3) is 0 Å². The number of carbonyl (C=O) groups is 2. The first-order valence-corrected chi connectivity index (χ1v) is 5.26. The van der Waals surface area contributed by atoms with E-state index in [1.54, 1.807) is 6.08 Å². The number of rotatable bonds is 1. The van der Waals surface area contributed by atoms with Crippen LogP contribution >= 0.6 is 0 Å². The summed E-state index contributed by atoms with van der Waals surface area (Å²) < 4.78 is 4.66. The zero-order chi connectivity index (χ0) is 10.8. The van der Waals surface area contributed by atoms with Crippen LogP contribution in [0.2, 0.25) is 0 Å². The Morgan fingerprint density at radius 2 is 2.07 bits per heavy atom. The number of ether oxygens (including phenoxy) is 1. The van der Waals surface area contributed by atoms with Gasteiger partial charge in [-0.3, -0.25) is 4.79 Å². The molecule has 80 valence electrons. The quantitative estimate of drug-likeness (QED) is 0.616. The van der Waals surface area contributed by atoms with Crippen LogP contribution in [0.25, 0.3) is 0 Å². The van der Waals surface area contributed by atoms with Crippen LogP contribution in [0.3, 0.4) is 0 Å². The molecule has 0 heterocycles. The van der Waals surface area contributed by atoms with Gasteiger partial charge < -0.3 is 4.74 Å². The molecule has 0 spiro atoms. The lowest BCUT2D eigenvalue weighted by atomic mass is 9.82. The van der Waals surface area contributed by atoms with Gasteiger partial charge in [-0.15, -0.1) is 0 Å². The van der Waals surface area contributed by atoms with Gasteiger partial charge in [0.05, 0.1) is 7.11 Å². The Bertz CT molecular complexity index is 374. The Hall–Kier alpha value is -1.38. The molecule has 0 saturated heterocycles. The molecular formula is C12H14O3. The van der Waals surface area contributed by atoms with E-state index in [0.717, 1.165) is 24.8 Å². The van der Waals surface area contributed by atoms with E-state index in [0.29, 0.717) is 18.4 Å². The van der Waals surface area contributed by atoms with Gasteiger partial charge in [0.1, 0.15) is 0 Å². The van der Waals surface area contributed by atoms with Gasteiger partial charge in [0, 0.05) is 17.6 Å². The summed E-state index contributed by atoms with van der Waals surface area (Å²) in [6.07, 6.45) is 5.85. The Balaban J connectivity index is 2.30. The number of hydrogen-bond acceptors (Lipinski definition) is 3. The minimum absolute atomic E-state index is 0.178. The number of esters is 1. The van der Waals surface area contributed by atoms with E-state index in [1.807, 2.05) is 0 Å². The van der Waals surface area contributed by atoms with Crippen molar-refractivity contribution in [3.63, 3.8) is 0 Å². The van der Waals surface area contributed by atoms with Crippen LogP contribution in [0, 0.1) is 0 Å². The number of carbonyl (C=O) groups excluding carboxylic acids is 2. The second kappa shape index (κ2) is 4.01. The molecule has 3 heteroatoms. The van der Waals surface area contributed by atoms with Crippen molar-refractivity contribution in [2.45, 2.75) is 32.1 Å². The number of allylic oxidation sites excluding steroid dienone is 3. The van der Waals surface area contributed by atoms with Gasteiger partial charge in [0.2, 0.25) is 0 Å². The Morgan fingerprint density at radius 1 is 1.27 bits per heavy atom. The molecule has 0 bridgehead atoms. The van der Waals surface area contributed by atoms with Crippen molar-refractivity contribution >= 4 is 11.8 Å². The first kappa shape index (κ1) is 10.1. The molecule has 2 rings (SSSR count). The van der Waals surface area contributed by atoms with Crippen molar-refractivity contribution in [1.82, 2.24) is 0 Å². The topological polar surface area (TPSA) is 43.4 Å². The number of ketones is 1. The minimum Gasteiger partial charge on any atom is -0.466 e. The predicted octanol–water partition coefficient (Wildman–Crippen LogP) is 1.93. The average molecular weight is 206 g/mol. The molecule has 2 aliphatic carbocycles. The smallest absolute Gasteiger partial charge is 0.333 e. The maximum atomic E-state index is 11.6. The SMILES string of the molecule is COC(=O)C1=CC2=C(CCCC2=O)CC1. The van der Waals surface area contributed by atoms with Crippen molar-refractivity contribution < 1.29 is 14.3 Å². The van der Waals surface area contributed by atoms with Gasteiger partial charge in [-0.1, -0.05) is 5.57 Å². The molecule has 0 aromatic rings. The molecule has 0 aromatic carbocycles. The maximum Gasteiger partial charge on any atom is 0.333 e. The van der Waals surface area contributed by atoms with Crippen LogP contribution in [0.1, 0.15) is 32.1 Å². The van der Waals surface area contributed by atoms with E-state index in [1.165, 1.54) is 12.7 Å². The third-order valence-electron chi connectivity index (χ3n) is 3.03. The molecule has 3 nitrogen and oxygen atoms in total. The second-order valence-electron chi connectivity index (χ2n) is 3.96. The zero-order valence-electron chi connectivity index (χ0n) is 8.84. The highest BCUT2D eigenvalue weighted by molar-refractivity contribution is 6.02. The molecule has 2 aliphatic rings. The van der Waals surface area contributed by atoms with E-state index in [2.05, 4.69) is 4.74 Å². The van der Waals surface area contributed by atoms with Crippen molar-refractivity contribution in [2.24, 2.45) is 0 Å². The fourth-order valence-corrected chi connectivity index (χ4v) is 2.20. The Labute approximate surface area is 88.8 Å². The van der Waals surface area contributed by atoms with Crippen LogP contribution in [-0.4, -0.2) is 18.9 Å². The molecule has 0 fully saturated rings. The summed E-state index contributed by atoms with van der Waals surface area (Å²) in [6, 6.07) is 0. The molecule has 0 aromatic heterocycles. The summed E-state index contributed by atoms with van der Waals surface area (Å²) >= 11 is 0. The molecule has 0 radical (unpaired) electrons. The number of methoxy groups -OCH3 is 1. The van der Waals surface area contributed by atoms with Crippen LogP contribution in [0.15, 0.2) is 22.8 Å². The predicted molar refractivity (Wildman–Crippen MR) is 55.2 cm³/mol. The highest BCUT2D eigenvalue weighted by Crippen LogP contribution is 2.32. The van der Waals surface area contributed by atoms with Gasteiger partial charge in [0.15, 0.2) is 5.78 Å². The molecule has 0 N–H and O–H groups in total. The van der Waals surface area contributed by atoms with E-state index in [4.69, 9.17) is 0 Å². The molecule has 0 aliphatic heterocycles. The standard InChI is InChI=1S/C12H14O3/c1-15-12(14)9-6-5-8-3-2-4-11(13)10(8)7-9/h7H,2-6H2,1H3. The molecule has 15 heavy (non-hydrogen) atoms. The normalized spacial score (nSPS) is 20.9. The summed E-state index contributed by atoms with van der Waals surface area (Å²) in [5.41, 5.74) is 2.62. The van der Waals surface area contributed by atoms with Crippen molar-refractivity contribution in [2.75, 3.05) is 7.11 Å². The van der Waals surface area contributed by atoms with E-state index in [9.17, 15) is 9.59 Å². The zero-order valence-corrected chi connectivity index (χ0v) is 8.84. The summed E-state index contributed by atoms with van der Waals surface area (Å²) in [5, 5.41) is 0. The van der Waals surface area contributed by atoms with E-state index in [-0.39, 0.29) is 11.8 Å². The highest BCUT2D eigenvalue weighted by atomic mass is 16.5. The van der Waals surface area contributed by atoms with Crippen molar-refractivity contribution in [1.29, 1.82) is 0 Å². The van der Waals surface area contributed by atoms with Crippen LogP contribution in [0.5, 0.6) is 0 Å². The number of hydrogen-bond donors (Lipinski definition) is 0. The van der Waals surface area contributed by atoms with Gasteiger partial charge in [-0.05, 0) is 31.8 Å². The monoisotopic (exact) mass is 206 g/mol. The fraction of sp³-hybridized carbons (Fsp3) is 0.500. The Morgan fingerprint density at radius 3 is 2.80 bits per heavy atom. The summed E-state index contributed by atoms with van der Waals surface area (Å²) in [5.74, 6) is -0.128. The van der Waals surface area contributed by atoms with Crippen LogP contribution in [0.4, 0.5) is 0 Å². The van der Waals surface area contributed by atoms with E-state index < -0.39 is 0 Å². The van der Waals surface area contributed by atoms with Gasteiger partial charge in [-0.25, -0.2) is 4.79 Å². The third kappa shape index (κ3) is 1.87. The largest absolute Gasteiger partial charge is 0.466 e. The first-order valence-electron chi connectivity index (χ1n) is 5.26. The lowest BCUT2D eigenvalue weighted by molar-refractivity contribution is -0.136. The van der Waals surface area contributed by atoms with Crippen molar-refractivity contribution in [3.8, 4) is 0 Å². The highest BCUT2D eigenvalue weighted by Gasteiger charge is 2.24. The molecule has 0 atom stereocenters. The molecule has 0 unspecified atom stereocenters. The lowest BCUT2D eigenvalue weighted by Gasteiger charge is -2.22. The van der Waals surface area contributed by atoms with Gasteiger partial charge >= 0.3 is 5.97 Å². The van der Waals surface area contributed by atoms with E-state index >= 15 is 0 Å². The molecule has 0 saturated carbocycles. The second-order valence-corrected chi connectivity index (χ2v) is 3.96. The molecular weight excluding hydrogens is 192 g/mol. The molecule has 0 amide bonds.